The van der Waals surface area contributed by atoms with Crippen LogP contribution in [0.5, 0.6) is 11.5 Å². The van der Waals surface area contributed by atoms with E-state index >= 15 is 0 Å². The molecule has 1 aliphatic rings. The number of pyridine rings is 1. The average molecular weight is 272 g/mol. The predicted octanol–water partition coefficient (Wildman–Crippen LogP) is 1.91. The molecule has 2 heterocycles. The van der Waals surface area contributed by atoms with Crippen LogP contribution in [-0.2, 0) is 0 Å². The second-order valence-corrected chi connectivity index (χ2v) is 4.64. The zero-order chi connectivity index (χ0) is 13.9. The standard InChI is InChI=1S/C15H16N2O3/c16-15-11(3-1-6-17-15)14(18)10-4-5-12-13(9-10)20-8-2-7-19-12/h1,3-6,9,14,18H,2,7-8H2,(H2,16,17). The minimum Gasteiger partial charge on any atom is -0.490 e. The van der Waals surface area contributed by atoms with Crippen molar-refractivity contribution in [2.45, 2.75) is 12.5 Å². The van der Waals surface area contributed by atoms with Crippen LogP contribution in [0.4, 0.5) is 5.82 Å². The largest absolute Gasteiger partial charge is 0.490 e. The lowest BCUT2D eigenvalue weighted by Crippen LogP contribution is -2.05. The van der Waals surface area contributed by atoms with Crippen LogP contribution in [0.3, 0.4) is 0 Å². The molecule has 0 bridgehead atoms. The second kappa shape index (κ2) is 5.38. The molecule has 1 aromatic carbocycles. The number of anilines is 1. The topological polar surface area (TPSA) is 77.6 Å². The maximum Gasteiger partial charge on any atom is 0.161 e. The Labute approximate surface area is 117 Å². The minimum atomic E-state index is -0.833. The highest BCUT2D eigenvalue weighted by Gasteiger charge is 2.17. The molecule has 0 saturated heterocycles. The third-order valence-corrected chi connectivity index (χ3v) is 3.25. The molecule has 1 aliphatic heterocycles. The number of hydrogen-bond donors (Lipinski definition) is 2. The summed E-state index contributed by atoms with van der Waals surface area (Å²) in [6.07, 6.45) is 1.61. The molecule has 20 heavy (non-hydrogen) atoms. The lowest BCUT2D eigenvalue weighted by Gasteiger charge is -2.15. The Balaban J connectivity index is 1.94. The van der Waals surface area contributed by atoms with E-state index < -0.39 is 6.10 Å². The van der Waals surface area contributed by atoms with Gasteiger partial charge in [-0.1, -0.05) is 12.1 Å². The molecule has 0 radical (unpaired) electrons. The Morgan fingerprint density at radius 2 is 1.95 bits per heavy atom. The van der Waals surface area contributed by atoms with Gasteiger partial charge in [0, 0.05) is 18.2 Å². The first kappa shape index (κ1) is 12.7. The van der Waals surface area contributed by atoms with Gasteiger partial charge in [-0.15, -0.1) is 0 Å². The van der Waals surface area contributed by atoms with Crippen molar-refractivity contribution >= 4 is 5.82 Å². The van der Waals surface area contributed by atoms with Crippen molar-refractivity contribution in [3.8, 4) is 11.5 Å². The molecule has 0 amide bonds. The minimum absolute atomic E-state index is 0.326. The number of nitrogens with two attached hydrogens (primary N) is 1. The number of aliphatic hydroxyl groups is 1. The van der Waals surface area contributed by atoms with Gasteiger partial charge in [-0.05, 0) is 23.8 Å². The van der Waals surface area contributed by atoms with Gasteiger partial charge in [-0.2, -0.15) is 0 Å². The van der Waals surface area contributed by atoms with E-state index in [1.807, 2.05) is 12.1 Å². The van der Waals surface area contributed by atoms with Crippen LogP contribution < -0.4 is 15.2 Å². The summed E-state index contributed by atoms with van der Waals surface area (Å²) in [6.45, 7) is 1.26. The van der Waals surface area contributed by atoms with Crippen LogP contribution in [0.15, 0.2) is 36.5 Å². The lowest BCUT2D eigenvalue weighted by molar-refractivity contribution is 0.219. The van der Waals surface area contributed by atoms with E-state index in [-0.39, 0.29) is 0 Å². The summed E-state index contributed by atoms with van der Waals surface area (Å²) in [4.78, 5) is 3.99. The van der Waals surface area contributed by atoms with E-state index in [4.69, 9.17) is 15.2 Å². The van der Waals surface area contributed by atoms with Crippen LogP contribution in [0.25, 0.3) is 0 Å². The Kier molecular flexibility index (Phi) is 3.43. The molecule has 1 aromatic heterocycles. The molecule has 5 nitrogen and oxygen atoms in total. The molecule has 0 fully saturated rings. The monoisotopic (exact) mass is 272 g/mol. The highest BCUT2D eigenvalue weighted by Crippen LogP contribution is 2.34. The number of aliphatic hydroxyl groups excluding tert-OH is 1. The summed E-state index contributed by atoms with van der Waals surface area (Å²) < 4.78 is 11.2. The molecule has 0 saturated carbocycles. The Morgan fingerprint density at radius 3 is 2.75 bits per heavy atom. The van der Waals surface area contributed by atoms with Gasteiger partial charge in [0.05, 0.1) is 13.2 Å². The summed E-state index contributed by atoms with van der Waals surface area (Å²) in [5.41, 5.74) is 7.08. The van der Waals surface area contributed by atoms with Gasteiger partial charge in [-0.25, -0.2) is 4.98 Å². The zero-order valence-corrected chi connectivity index (χ0v) is 11.0. The number of benzene rings is 1. The van der Waals surface area contributed by atoms with Gasteiger partial charge in [0.1, 0.15) is 11.9 Å². The second-order valence-electron chi connectivity index (χ2n) is 4.64. The maximum absolute atomic E-state index is 10.4. The molecular formula is C15H16N2O3. The van der Waals surface area contributed by atoms with Gasteiger partial charge < -0.3 is 20.3 Å². The molecular weight excluding hydrogens is 256 g/mol. The highest BCUT2D eigenvalue weighted by molar-refractivity contribution is 5.49. The number of rotatable bonds is 2. The van der Waals surface area contributed by atoms with Crippen LogP contribution in [0, 0.1) is 0 Å². The third-order valence-electron chi connectivity index (χ3n) is 3.25. The van der Waals surface area contributed by atoms with Crippen LogP contribution in [0.2, 0.25) is 0 Å². The fourth-order valence-electron chi connectivity index (χ4n) is 2.19. The van der Waals surface area contributed by atoms with E-state index in [2.05, 4.69) is 4.98 Å². The molecule has 2 aromatic rings. The van der Waals surface area contributed by atoms with Crippen LogP contribution in [0.1, 0.15) is 23.7 Å². The van der Waals surface area contributed by atoms with Crippen molar-refractivity contribution in [2.24, 2.45) is 0 Å². The third kappa shape index (κ3) is 2.40. The number of nitrogens with zero attached hydrogens (tertiary/aromatic N) is 1. The van der Waals surface area contributed by atoms with E-state index in [0.717, 1.165) is 6.42 Å². The van der Waals surface area contributed by atoms with Gasteiger partial charge in [0.15, 0.2) is 11.5 Å². The van der Waals surface area contributed by atoms with Crippen molar-refractivity contribution in [1.82, 2.24) is 4.98 Å². The molecule has 1 unspecified atom stereocenters. The van der Waals surface area contributed by atoms with Crippen molar-refractivity contribution in [3.05, 3.63) is 47.7 Å². The quantitative estimate of drug-likeness (QED) is 0.873. The van der Waals surface area contributed by atoms with Crippen molar-refractivity contribution in [3.63, 3.8) is 0 Å². The van der Waals surface area contributed by atoms with Crippen LogP contribution >= 0.6 is 0 Å². The number of hydrogen-bond acceptors (Lipinski definition) is 5. The van der Waals surface area contributed by atoms with Crippen molar-refractivity contribution in [1.29, 1.82) is 0 Å². The first-order chi connectivity index (χ1) is 9.75. The summed E-state index contributed by atoms with van der Waals surface area (Å²) >= 11 is 0. The number of aromatic nitrogens is 1. The van der Waals surface area contributed by atoms with E-state index in [1.54, 1.807) is 24.4 Å². The molecule has 3 N–H and O–H groups in total. The van der Waals surface area contributed by atoms with E-state index in [0.29, 0.717) is 41.7 Å². The SMILES string of the molecule is Nc1ncccc1C(O)c1ccc2c(c1)OCCCO2. The summed E-state index contributed by atoms with van der Waals surface area (Å²) in [6, 6.07) is 8.92. The number of ether oxygens (including phenoxy) is 2. The Hall–Kier alpha value is -2.27. The molecule has 0 spiro atoms. The first-order valence-electron chi connectivity index (χ1n) is 6.54. The lowest BCUT2D eigenvalue weighted by atomic mass is 10.0. The zero-order valence-electron chi connectivity index (χ0n) is 11.0. The Morgan fingerprint density at radius 1 is 1.15 bits per heavy atom. The first-order valence-corrected chi connectivity index (χ1v) is 6.54. The molecule has 1 atom stereocenters. The molecule has 0 aliphatic carbocycles. The average Bonchev–Trinajstić information content (AvgIpc) is 2.71. The summed E-state index contributed by atoms with van der Waals surface area (Å²) in [5.74, 6) is 1.69. The Bertz CT molecular complexity index is 616. The molecule has 3 rings (SSSR count). The molecule has 5 heteroatoms. The number of nitrogen functional groups attached to an aromatic ring is 1. The smallest absolute Gasteiger partial charge is 0.161 e. The maximum atomic E-state index is 10.4. The van der Waals surface area contributed by atoms with Crippen LogP contribution in [-0.4, -0.2) is 23.3 Å². The molecule has 104 valence electrons. The van der Waals surface area contributed by atoms with Gasteiger partial charge in [0.2, 0.25) is 0 Å². The fraction of sp³-hybridized carbons (Fsp3) is 0.267. The van der Waals surface area contributed by atoms with Gasteiger partial charge >= 0.3 is 0 Å². The van der Waals surface area contributed by atoms with Crippen molar-refractivity contribution in [2.75, 3.05) is 18.9 Å². The van der Waals surface area contributed by atoms with Crippen molar-refractivity contribution < 1.29 is 14.6 Å². The van der Waals surface area contributed by atoms with E-state index in [1.165, 1.54) is 0 Å². The number of fused-ring (bicyclic) bond motifs is 1. The predicted molar refractivity (Wildman–Crippen MR) is 74.8 cm³/mol. The van der Waals surface area contributed by atoms with Gasteiger partial charge in [-0.3, -0.25) is 0 Å². The normalized spacial score (nSPS) is 15.4. The summed E-state index contributed by atoms with van der Waals surface area (Å²) in [7, 11) is 0. The van der Waals surface area contributed by atoms with E-state index in [9.17, 15) is 5.11 Å². The summed E-state index contributed by atoms with van der Waals surface area (Å²) in [5, 5.41) is 10.4. The highest BCUT2D eigenvalue weighted by atomic mass is 16.5. The fourth-order valence-corrected chi connectivity index (χ4v) is 2.19. The van der Waals surface area contributed by atoms with Gasteiger partial charge in [0.25, 0.3) is 0 Å².